The maximum atomic E-state index is 11.2. The van der Waals surface area contributed by atoms with Crippen molar-refractivity contribution >= 4 is 9.84 Å². The number of rotatable bonds is 6. The lowest BCUT2D eigenvalue weighted by atomic mass is 10.1. The Hall–Kier alpha value is -0.0900. The van der Waals surface area contributed by atoms with E-state index < -0.39 is 9.84 Å². The first kappa shape index (κ1) is 13.0. The van der Waals surface area contributed by atoms with Gasteiger partial charge in [0.2, 0.25) is 0 Å². The zero-order valence-corrected chi connectivity index (χ0v) is 10.6. The second-order valence-electron chi connectivity index (χ2n) is 4.41. The summed E-state index contributed by atoms with van der Waals surface area (Å²) in [7, 11) is -2.70. The van der Waals surface area contributed by atoms with Crippen molar-refractivity contribution in [3.8, 4) is 0 Å². The summed E-state index contributed by atoms with van der Waals surface area (Å²) >= 11 is 0. The van der Waals surface area contributed by atoms with E-state index in [0.29, 0.717) is 11.5 Å². The number of sulfone groups is 1. The van der Waals surface area contributed by atoms with Gasteiger partial charge in [-0.2, -0.15) is 0 Å². The number of unbranched alkanes of at least 4 members (excludes halogenated alkanes) is 4. The summed E-state index contributed by atoms with van der Waals surface area (Å²) in [6, 6.07) is 0. The van der Waals surface area contributed by atoms with Crippen LogP contribution in [-0.4, -0.2) is 44.5 Å². The Morgan fingerprint density at radius 3 is 2.20 bits per heavy atom. The molecule has 0 spiro atoms. The summed E-state index contributed by atoms with van der Waals surface area (Å²) in [6.07, 6.45) is 6.44. The van der Waals surface area contributed by atoms with Crippen molar-refractivity contribution in [3.05, 3.63) is 0 Å². The smallest absolute Gasteiger partial charge is 0.152 e. The second-order valence-corrected chi connectivity index (χ2v) is 6.71. The van der Waals surface area contributed by atoms with E-state index >= 15 is 0 Å². The number of hydrogen-bond acceptors (Lipinski definition) is 3. The van der Waals surface area contributed by atoms with Crippen LogP contribution < -0.4 is 0 Å². The highest BCUT2D eigenvalue weighted by Crippen LogP contribution is 2.07. The van der Waals surface area contributed by atoms with Crippen LogP contribution >= 0.6 is 0 Å². The van der Waals surface area contributed by atoms with E-state index in [1.807, 2.05) is 0 Å². The molecule has 0 radical (unpaired) electrons. The van der Waals surface area contributed by atoms with Crippen LogP contribution in [0.2, 0.25) is 0 Å². The van der Waals surface area contributed by atoms with Gasteiger partial charge in [0, 0.05) is 13.1 Å². The molecular formula is C11H23NO2S. The highest BCUT2D eigenvalue weighted by atomic mass is 32.2. The molecule has 0 N–H and O–H groups in total. The first-order valence-corrected chi connectivity index (χ1v) is 7.89. The summed E-state index contributed by atoms with van der Waals surface area (Å²) in [6.45, 7) is 4.79. The van der Waals surface area contributed by atoms with Crippen molar-refractivity contribution in [3.63, 3.8) is 0 Å². The van der Waals surface area contributed by atoms with Crippen LogP contribution in [0.4, 0.5) is 0 Å². The normalized spacial score (nSPS) is 21.7. The summed E-state index contributed by atoms with van der Waals surface area (Å²) < 4.78 is 22.4. The van der Waals surface area contributed by atoms with Gasteiger partial charge in [-0.1, -0.05) is 32.6 Å². The summed E-state index contributed by atoms with van der Waals surface area (Å²) in [5.41, 5.74) is 0. The van der Waals surface area contributed by atoms with Gasteiger partial charge in [-0.15, -0.1) is 0 Å². The van der Waals surface area contributed by atoms with E-state index in [-0.39, 0.29) is 0 Å². The quantitative estimate of drug-likeness (QED) is 0.655. The Labute approximate surface area is 93.8 Å². The minimum Gasteiger partial charge on any atom is -0.301 e. The minimum atomic E-state index is -2.70. The number of hydrogen-bond donors (Lipinski definition) is 0. The fourth-order valence-electron chi connectivity index (χ4n) is 1.91. The van der Waals surface area contributed by atoms with Gasteiger partial charge in [-0.05, 0) is 13.0 Å². The highest BCUT2D eigenvalue weighted by Gasteiger charge is 2.20. The molecule has 0 atom stereocenters. The standard InChI is InChI=1S/C11H23NO2S/c1-2-3-4-5-6-7-12-8-10-15(13,14)11-9-12/h2-11H2,1H3. The molecule has 0 aliphatic carbocycles. The van der Waals surface area contributed by atoms with E-state index in [0.717, 1.165) is 19.6 Å². The predicted octanol–water partition coefficient (Wildman–Crippen LogP) is 1.69. The molecule has 1 aliphatic rings. The molecule has 0 saturated carbocycles. The van der Waals surface area contributed by atoms with Crippen LogP contribution in [0.1, 0.15) is 39.0 Å². The molecule has 0 amide bonds. The van der Waals surface area contributed by atoms with Crippen molar-refractivity contribution in [2.45, 2.75) is 39.0 Å². The SMILES string of the molecule is CCCCCCCN1CCS(=O)(=O)CC1. The van der Waals surface area contributed by atoms with Crippen LogP contribution in [-0.2, 0) is 9.84 Å². The average molecular weight is 233 g/mol. The molecule has 0 aromatic carbocycles. The molecule has 0 bridgehead atoms. The Morgan fingerprint density at radius 1 is 1.00 bits per heavy atom. The van der Waals surface area contributed by atoms with Crippen LogP contribution in [0.3, 0.4) is 0 Å². The Kier molecular flexibility index (Phi) is 5.61. The molecule has 1 saturated heterocycles. The van der Waals surface area contributed by atoms with Crippen LogP contribution in [0.5, 0.6) is 0 Å². The maximum absolute atomic E-state index is 11.2. The Morgan fingerprint density at radius 2 is 1.60 bits per heavy atom. The summed E-state index contributed by atoms with van der Waals surface area (Å²) in [5, 5.41) is 0. The van der Waals surface area contributed by atoms with E-state index in [9.17, 15) is 8.42 Å². The molecule has 4 heteroatoms. The highest BCUT2D eigenvalue weighted by molar-refractivity contribution is 7.91. The van der Waals surface area contributed by atoms with Gasteiger partial charge in [0.1, 0.15) is 0 Å². The van der Waals surface area contributed by atoms with Gasteiger partial charge in [0.25, 0.3) is 0 Å². The van der Waals surface area contributed by atoms with Crippen LogP contribution in [0.15, 0.2) is 0 Å². The third kappa shape index (κ3) is 5.52. The molecule has 0 unspecified atom stereocenters. The molecule has 90 valence electrons. The maximum Gasteiger partial charge on any atom is 0.152 e. The van der Waals surface area contributed by atoms with Gasteiger partial charge in [-0.25, -0.2) is 8.42 Å². The lowest BCUT2D eigenvalue weighted by molar-refractivity contribution is 0.288. The Balaban J connectivity index is 2.04. The fraction of sp³-hybridized carbons (Fsp3) is 1.00. The van der Waals surface area contributed by atoms with Gasteiger partial charge in [-0.3, -0.25) is 0 Å². The minimum absolute atomic E-state index is 0.363. The zero-order chi connectivity index (χ0) is 11.1. The molecule has 1 aliphatic heterocycles. The van der Waals surface area contributed by atoms with Gasteiger partial charge in [0.05, 0.1) is 11.5 Å². The van der Waals surface area contributed by atoms with Crippen molar-refractivity contribution in [1.82, 2.24) is 4.90 Å². The Bertz CT molecular complexity index is 248. The van der Waals surface area contributed by atoms with E-state index in [2.05, 4.69) is 11.8 Å². The van der Waals surface area contributed by atoms with Crippen molar-refractivity contribution in [2.75, 3.05) is 31.1 Å². The molecule has 1 fully saturated rings. The monoisotopic (exact) mass is 233 g/mol. The third-order valence-corrected chi connectivity index (χ3v) is 4.62. The van der Waals surface area contributed by atoms with E-state index in [4.69, 9.17) is 0 Å². The molecule has 0 aromatic heterocycles. The molecule has 1 heterocycles. The van der Waals surface area contributed by atoms with Crippen molar-refractivity contribution < 1.29 is 8.42 Å². The lowest BCUT2D eigenvalue weighted by Gasteiger charge is -2.26. The van der Waals surface area contributed by atoms with Crippen molar-refractivity contribution in [2.24, 2.45) is 0 Å². The third-order valence-electron chi connectivity index (χ3n) is 3.01. The second kappa shape index (κ2) is 6.48. The first-order valence-electron chi connectivity index (χ1n) is 6.07. The lowest BCUT2D eigenvalue weighted by Crippen LogP contribution is -2.40. The summed E-state index contributed by atoms with van der Waals surface area (Å²) in [4.78, 5) is 2.28. The largest absolute Gasteiger partial charge is 0.301 e. The van der Waals surface area contributed by atoms with Gasteiger partial charge >= 0.3 is 0 Å². The van der Waals surface area contributed by atoms with Crippen LogP contribution in [0, 0.1) is 0 Å². The zero-order valence-electron chi connectivity index (χ0n) is 9.74. The summed E-state index contributed by atoms with van der Waals surface area (Å²) in [5.74, 6) is 0.726. The van der Waals surface area contributed by atoms with Gasteiger partial charge < -0.3 is 4.90 Å². The van der Waals surface area contributed by atoms with E-state index in [1.54, 1.807) is 0 Å². The predicted molar refractivity (Wildman–Crippen MR) is 63.9 cm³/mol. The molecule has 3 nitrogen and oxygen atoms in total. The molecule has 0 aromatic rings. The average Bonchev–Trinajstić information content (AvgIpc) is 2.20. The number of nitrogens with zero attached hydrogens (tertiary/aromatic N) is 1. The van der Waals surface area contributed by atoms with Crippen LogP contribution in [0.25, 0.3) is 0 Å². The molecular weight excluding hydrogens is 210 g/mol. The fourth-order valence-corrected chi connectivity index (χ4v) is 3.19. The topological polar surface area (TPSA) is 37.4 Å². The van der Waals surface area contributed by atoms with Crippen molar-refractivity contribution in [1.29, 1.82) is 0 Å². The van der Waals surface area contributed by atoms with E-state index in [1.165, 1.54) is 32.1 Å². The molecule has 1 rings (SSSR count). The first-order chi connectivity index (χ1) is 7.14. The molecule has 15 heavy (non-hydrogen) atoms. The van der Waals surface area contributed by atoms with Gasteiger partial charge in [0.15, 0.2) is 9.84 Å².